The molecular formula is C14H8ClNO2. The summed E-state index contributed by atoms with van der Waals surface area (Å²) in [5, 5.41) is 5.08. The van der Waals surface area contributed by atoms with Crippen molar-refractivity contribution in [2.24, 2.45) is 0 Å². The first-order chi connectivity index (χ1) is 8.75. The fourth-order valence-electron chi connectivity index (χ4n) is 1.80. The van der Waals surface area contributed by atoms with Crippen LogP contribution in [0.1, 0.15) is 16.1 Å². The van der Waals surface area contributed by atoms with Crippen molar-refractivity contribution >= 4 is 28.3 Å². The minimum absolute atomic E-state index is 0.180. The minimum atomic E-state index is -0.180. The summed E-state index contributed by atoms with van der Waals surface area (Å²) < 4.78 is 5.13. The first-order valence-electron chi connectivity index (χ1n) is 5.40. The van der Waals surface area contributed by atoms with E-state index in [0.29, 0.717) is 21.5 Å². The third-order valence-corrected chi connectivity index (χ3v) is 2.92. The molecule has 18 heavy (non-hydrogen) atoms. The highest BCUT2D eigenvalue weighted by Crippen LogP contribution is 2.23. The molecule has 0 amide bonds. The summed E-state index contributed by atoms with van der Waals surface area (Å²) in [5.41, 5.74) is 1.16. The number of hydrogen-bond acceptors (Lipinski definition) is 3. The van der Waals surface area contributed by atoms with Gasteiger partial charge in [0.15, 0.2) is 0 Å². The molecule has 3 rings (SSSR count). The summed E-state index contributed by atoms with van der Waals surface area (Å²) in [6.45, 7) is 0. The van der Waals surface area contributed by atoms with Gasteiger partial charge in [-0.15, -0.1) is 0 Å². The van der Waals surface area contributed by atoms with Crippen molar-refractivity contribution in [2.45, 2.75) is 0 Å². The van der Waals surface area contributed by atoms with E-state index >= 15 is 0 Å². The van der Waals surface area contributed by atoms with E-state index in [-0.39, 0.29) is 11.5 Å². The summed E-state index contributed by atoms with van der Waals surface area (Å²) in [6.07, 6.45) is 0. The summed E-state index contributed by atoms with van der Waals surface area (Å²) >= 11 is 5.86. The van der Waals surface area contributed by atoms with E-state index in [1.807, 2.05) is 18.2 Å². The van der Waals surface area contributed by atoms with Gasteiger partial charge in [0.1, 0.15) is 5.52 Å². The lowest BCUT2D eigenvalue weighted by atomic mass is 10.1. The minimum Gasteiger partial charge on any atom is -0.351 e. The zero-order valence-electron chi connectivity index (χ0n) is 9.26. The molecule has 0 spiro atoms. The molecule has 3 aromatic rings. The van der Waals surface area contributed by atoms with Crippen molar-refractivity contribution in [3.63, 3.8) is 0 Å². The highest BCUT2D eigenvalue weighted by Gasteiger charge is 2.18. The summed E-state index contributed by atoms with van der Waals surface area (Å²) in [6, 6.07) is 14.1. The smallest absolute Gasteiger partial charge is 0.231 e. The Labute approximate surface area is 108 Å². The Morgan fingerprint density at radius 1 is 1.11 bits per heavy atom. The van der Waals surface area contributed by atoms with Gasteiger partial charge in [0, 0.05) is 10.6 Å². The maximum Gasteiger partial charge on any atom is 0.231 e. The van der Waals surface area contributed by atoms with Crippen LogP contribution in [0.2, 0.25) is 5.02 Å². The Bertz CT molecular complexity index is 719. The molecule has 88 valence electrons. The number of ketones is 1. The Morgan fingerprint density at radius 2 is 1.89 bits per heavy atom. The van der Waals surface area contributed by atoms with Gasteiger partial charge in [0.25, 0.3) is 0 Å². The lowest BCUT2D eigenvalue weighted by Crippen LogP contribution is -1.99. The molecule has 0 aliphatic rings. The van der Waals surface area contributed by atoms with E-state index in [4.69, 9.17) is 16.1 Å². The second kappa shape index (κ2) is 4.27. The van der Waals surface area contributed by atoms with Gasteiger partial charge in [0.2, 0.25) is 11.5 Å². The molecule has 0 saturated heterocycles. The van der Waals surface area contributed by atoms with Crippen LogP contribution >= 0.6 is 11.6 Å². The van der Waals surface area contributed by atoms with Gasteiger partial charge in [0.05, 0.1) is 5.39 Å². The Kier molecular flexibility index (Phi) is 2.61. The lowest BCUT2D eigenvalue weighted by Gasteiger charge is -1.96. The van der Waals surface area contributed by atoms with Crippen LogP contribution in [0.25, 0.3) is 10.9 Å². The summed E-state index contributed by atoms with van der Waals surface area (Å²) in [5.74, 6) is 0.0632. The molecule has 3 nitrogen and oxygen atoms in total. The molecule has 1 heterocycles. The lowest BCUT2D eigenvalue weighted by molar-refractivity contribution is 0.100. The molecule has 1 aromatic heterocycles. The van der Waals surface area contributed by atoms with Crippen molar-refractivity contribution in [1.29, 1.82) is 0 Å². The molecule has 0 radical (unpaired) electrons. The van der Waals surface area contributed by atoms with Crippen molar-refractivity contribution in [2.75, 3.05) is 0 Å². The van der Waals surface area contributed by atoms with Gasteiger partial charge in [-0.2, -0.15) is 0 Å². The van der Waals surface area contributed by atoms with Gasteiger partial charge in [-0.3, -0.25) is 4.79 Å². The second-order valence-electron chi connectivity index (χ2n) is 3.87. The molecular weight excluding hydrogens is 250 g/mol. The third-order valence-electron chi connectivity index (χ3n) is 2.68. The van der Waals surface area contributed by atoms with Crippen LogP contribution in [0.3, 0.4) is 0 Å². The number of hydrogen-bond donors (Lipinski definition) is 0. The largest absolute Gasteiger partial charge is 0.351 e. The average Bonchev–Trinajstić information content (AvgIpc) is 2.81. The maximum absolute atomic E-state index is 12.2. The van der Waals surface area contributed by atoms with Crippen molar-refractivity contribution in [3.8, 4) is 0 Å². The molecule has 2 aromatic carbocycles. The van der Waals surface area contributed by atoms with Gasteiger partial charge in [-0.05, 0) is 18.2 Å². The van der Waals surface area contributed by atoms with Crippen LogP contribution in [0.5, 0.6) is 0 Å². The van der Waals surface area contributed by atoms with E-state index < -0.39 is 0 Å². The number of nitrogens with zero attached hydrogens (tertiary/aromatic N) is 1. The van der Waals surface area contributed by atoms with Crippen LogP contribution in [0.15, 0.2) is 53.1 Å². The molecule has 0 fully saturated rings. The number of halogens is 1. The quantitative estimate of drug-likeness (QED) is 0.657. The third kappa shape index (κ3) is 1.79. The van der Waals surface area contributed by atoms with Gasteiger partial charge >= 0.3 is 0 Å². The molecule has 4 heteroatoms. The van der Waals surface area contributed by atoms with Gasteiger partial charge in [-0.25, -0.2) is 0 Å². The Balaban J connectivity index is 2.13. The molecule has 0 saturated carbocycles. The van der Waals surface area contributed by atoms with E-state index in [1.165, 1.54) is 0 Å². The van der Waals surface area contributed by atoms with E-state index in [1.54, 1.807) is 30.3 Å². The standard InChI is InChI=1S/C14H8ClNO2/c15-10-6-7-11-12(8-10)16-18-14(11)13(17)9-4-2-1-3-5-9/h1-8H. The van der Waals surface area contributed by atoms with Crippen molar-refractivity contribution < 1.29 is 9.32 Å². The first-order valence-corrected chi connectivity index (χ1v) is 5.78. The fraction of sp³-hybridized carbons (Fsp3) is 0. The number of benzene rings is 2. The number of fused-ring (bicyclic) bond motifs is 1. The Morgan fingerprint density at radius 3 is 2.67 bits per heavy atom. The molecule has 0 bridgehead atoms. The maximum atomic E-state index is 12.2. The highest BCUT2D eigenvalue weighted by atomic mass is 35.5. The SMILES string of the molecule is O=C(c1ccccc1)c1onc2cc(Cl)ccc12. The van der Waals surface area contributed by atoms with Crippen molar-refractivity contribution in [3.05, 3.63) is 64.9 Å². The van der Waals surface area contributed by atoms with E-state index in [9.17, 15) is 4.79 Å². The average molecular weight is 258 g/mol. The van der Waals surface area contributed by atoms with Crippen LogP contribution in [0, 0.1) is 0 Å². The van der Waals surface area contributed by atoms with Crippen molar-refractivity contribution in [1.82, 2.24) is 5.16 Å². The molecule has 0 N–H and O–H groups in total. The predicted molar refractivity (Wildman–Crippen MR) is 68.9 cm³/mol. The number of carbonyl (C=O) groups is 1. The molecule has 0 atom stereocenters. The van der Waals surface area contributed by atoms with Crippen LogP contribution in [0.4, 0.5) is 0 Å². The first kappa shape index (κ1) is 11.0. The fourth-order valence-corrected chi connectivity index (χ4v) is 1.97. The molecule has 0 aliphatic carbocycles. The normalized spacial score (nSPS) is 10.7. The highest BCUT2D eigenvalue weighted by molar-refractivity contribution is 6.31. The van der Waals surface area contributed by atoms with Crippen LogP contribution < -0.4 is 0 Å². The van der Waals surface area contributed by atoms with Gasteiger partial charge < -0.3 is 4.52 Å². The molecule has 0 aliphatic heterocycles. The van der Waals surface area contributed by atoms with Crippen LogP contribution in [-0.4, -0.2) is 10.9 Å². The number of carbonyl (C=O) groups excluding carboxylic acids is 1. The van der Waals surface area contributed by atoms with Crippen LogP contribution in [-0.2, 0) is 0 Å². The zero-order chi connectivity index (χ0) is 12.5. The Hall–Kier alpha value is -2.13. The topological polar surface area (TPSA) is 43.1 Å². The van der Waals surface area contributed by atoms with E-state index in [2.05, 4.69) is 5.16 Å². The monoisotopic (exact) mass is 257 g/mol. The number of rotatable bonds is 2. The number of aromatic nitrogens is 1. The summed E-state index contributed by atoms with van der Waals surface area (Å²) in [4.78, 5) is 12.2. The van der Waals surface area contributed by atoms with Gasteiger partial charge in [-0.1, -0.05) is 47.1 Å². The zero-order valence-corrected chi connectivity index (χ0v) is 10.0. The summed E-state index contributed by atoms with van der Waals surface area (Å²) in [7, 11) is 0. The predicted octanol–water partition coefficient (Wildman–Crippen LogP) is 3.71. The second-order valence-corrected chi connectivity index (χ2v) is 4.30. The molecule has 0 unspecified atom stereocenters. The van der Waals surface area contributed by atoms with E-state index in [0.717, 1.165) is 0 Å².